The maximum absolute atomic E-state index is 11.2. The average molecular weight is 229 g/mol. The highest BCUT2D eigenvalue weighted by Crippen LogP contribution is 2.05. The zero-order chi connectivity index (χ0) is 11.6. The molecule has 0 atom stereocenters. The molecule has 1 saturated heterocycles. The van der Waals surface area contributed by atoms with E-state index in [0.717, 1.165) is 38.9 Å². The Kier molecular flexibility index (Phi) is 6.92. The van der Waals surface area contributed by atoms with Gasteiger partial charge in [0.15, 0.2) is 0 Å². The van der Waals surface area contributed by atoms with Crippen LogP contribution in [0.15, 0.2) is 0 Å². The van der Waals surface area contributed by atoms with Gasteiger partial charge in [0.25, 0.3) is 0 Å². The normalized spacial score (nSPS) is 17.1. The van der Waals surface area contributed by atoms with Gasteiger partial charge in [-0.2, -0.15) is 0 Å². The fourth-order valence-electron chi connectivity index (χ4n) is 1.65. The third-order valence-corrected chi connectivity index (χ3v) is 2.56. The highest BCUT2D eigenvalue weighted by molar-refractivity contribution is 5.73. The molecule has 1 aliphatic heterocycles. The molecule has 1 fully saturated rings. The fourth-order valence-corrected chi connectivity index (χ4v) is 1.65. The number of ether oxygens (including phenoxy) is 1. The highest BCUT2D eigenvalue weighted by atomic mass is 16.5. The molecule has 16 heavy (non-hydrogen) atoms. The van der Waals surface area contributed by atoms with Gasteiger partial charge in [-0.05, 0) is 32.4 Å². The molecule has 0 radical (unpaired) electrons. The lowest BCUT2D eigenvalue weighted by Gasteiger charge is -2.22. The number of amides is 2. The predicted octanol–water partition coefficient (Wildman–Crippen LogP) is 0.464. The van der Waals surface area contributed by atoms with E-state index in [9.17, 15) is 4.79 Å². The van der Waals surface area contributed by atoms with E-state index in [-0.39, 0.29) is 6.03 Å². The predicted molar refractivity (Wildman–Crippen MR) is 63.5 cm³/mol. The first kappa shape index (κ1) is 13.3. The largest absolute Gasteiger partial charge is 0.376 e. The molecular formula is C11H23N3O2. The van der Waals surface area contributed by atoms with Crippen molar-refractivity contribution in [2.45, 2.75) is 32.3 Å². The van der Waals surface area contributed by atoms with Crippen molar-refractivity contribution in [3.63, 3.8) is 0 Å². The van der Waals surface area contributed by atoms with Crippen LogP contribution in [0.4, 0.5) is 4.79 Å². The monoisotopic (exact) mass is 229 g/mol. The summed E-state index contributed by atoms with van der Waals surface area (Å²) in [5.74, 6) is 0. The van der Waals surface area contributed by atoms with E-state index in [0.29, 0.717) is 19.3 Å². The zero-order valence-corrected chi connectivity index (χ0v) is 10.1. The van der Waals surface area contributed by atoms with Crippen LogP contribution in [-0.2, 0) is 4.74 Å². The van der Waals surface area contributed by atoms with Crippen molar-refractivity contribution in [3.05, 3.63) is 0 Å². The highest BCUT2D eigenvalue weighted by Gasteiger charge is 2.12. The molecule has 0 unspecified atom stereocenters. The van der Waals surface area contributed by atoms with Crippen molar-refractivity contribution in [3.8, 4) is 0 Å². The minimum Gasteiger partial charge on any atom is -0.376 e. The summed E-state index contributed by atoms with van der Waals surface area (Å²) in [5, 5.41) is 8.81. The first-order valence-corrected chi connectivity index (χ1v) is 6.17. The van der Waals surface area contributed by atoms with Gasteiger partial charge in [-0.25, -0.2) is 4.79 Å². The number of hydrogen-bond acceptors (Lipinski definition) is 3. The third kappa shape index (κ3) is 5.92. The summed E-state index contributed by atoms with van der Waals surface area (Å²) in [5.41, 5.74) is 0. The number of piperidine rings is 1. The van der Waals surface area contributed by atoms with E-state index < -0.39 is 0 Å². The second-order valence-electron chi connectivity index (χ2n) is 4.00. The smallest absolute Gasteiger partial charge is 0.314 e. The van der Waals surface area contributed by atoms with Crippen LogP contribution in [0.2, 0.25) is 0 Å². The van der Waals surface area contributed by atoms with Gasteiger partial charge in [-0.3, -0.25) is 0 Å². The Bertz CT molecular complexity index is 194. The van der Waals surface area contributed by atoms with E-state index >= 15 is 0 Å². The van der Waals surface area contributed by atoms with E-state index in [4.69, 9.17) is 4.74 Å². The van der Waals surface area contributed by atoms with Gasteiger partial charge in [-0.15, -0.1) is 0 Å². The van der Waals surface area contributed by atoms with Crippen LogP contribution in [-0.4, -0.2) is 44.9 Å². The fraction of sp³-hybridized carbons (Fsp3) is 0.909. The second-order valence-corrected chi connectivity index (χ2v) is 4.00. The molecule has 1 aliphatic rings. The van der Waals surface area contributed by atoms with Crippen molar-refractivity contribution in [2.75, 3.05) is 32.8 Å². The lowest BCUT2D eigenvalue weighted by atomic mass is 10.1. The summed E-state index contributed by atoms with van der Waals surface area (Å²) in [6.07, 6.45) is 3.46. The topological polar surface area (TPSA) is 62.4 Å². The zero-order valence-electron chi connectivity index (χ0n) is 10.1. The third-order valence-electron chi connectivity index (χ3n) is 2.56. The molecule has 5 nitrogen and oxygen atoms in total. The molecule has 94 valence electrons. The number of rotatable bonds is 6. The van der Waals surface area contributed by atoms with Gasteiger partial charge in [-0.1, -0.05) is 6.92 Å². The van der Waals surface area contributed by atoms with Gasteiger partial charge in [0.2, 0.25) is 0 Å². The Labute approximate surface area is 97.3 Å². The van der Waals surface area contributed by atoms with Crippen LogP contribution in [0.25, 0.3) is 0 Å². The number of carbonyl (C=O) groups is 1. The minimum atomic E-state index is -0.101. The van der Waals surface area contributed by atoms with Crippen LogP contribution in [0.1, 0.15) is 26.2 Å². The van der Waals surface area contributed by atoms with E-state index in [1.165, 1.54) is 0 Å². The molecule has 2 amide bonds. The molecule has 0 aromatic carbocycles. The molecule has 5 heteroatoms. The van der Waals surface area contributed by atoms with Crippen LogP contribution >= 0.6 is 0 Å². The number of nitrogens with one attached hydrogen (secondary N) is 3. The molecule has 1 heterocycles. The molecular weight excluding hydrogens is 206 g/mol. The molecule has 1 rings (SSSR count). The van der Waals surface area contributed by atoms with Crippen molar-refractivity contribution in [1.29, 1.82) is 0 Å². The Balaban J connectivity index is 1.92. The molecule has 0 bridgehead atoms. The van der Waals surface area contributed by atoms with Gasteiger partial charge in [0.05, 0.1) is 12.7 Å². The number of hydrogen-bond donors (Lipinski definition) is 3. The van der Waals surface area contributed by atoms with Crippen molar-refractivity contribution in [1.82, 2.24) is 16.0 Å². The molecule has 3 N–H and O–H groups in total. The van der Waals surface area contributed by atoms with Crippen LogP contribution < -0.4 is 16.0 Å². The summed E-state index contributed by atoms with van der Waals surface area (Å²) in [7, 11) is 0. The van der Waals surface area contributed by atoms with E-state index in [2.05, 4.69) is 16.0 Å². The maximum atomic E-state index is 11.2. The number of carbonyl (C=O) groups excluding carboxylic acids is 1. The first-order chi connectivity index (χ1) is 7.83. The molecule has 0 spiro atoms. The van der Waals surface area contributed by atoms with Crippen molar-refractivity contribution in [2.24, 2.45) is 0 Å². The van der Waals surface area contributed by atoms with Gasteiger partial charge >= 0.3 is 6.03 Å². The van der Waals surface area contributed by atoms with E-state index in [1.54, 1.807) is 0 Å². The molecule has 0 aromatic rings. The number of urea groups is 1. The first-order valence-electron chi connectivity index (χ1n) is 6.17. The standard InChI is InChI=1S/C11H23N3O2/c1-2-5-13-11(15)14-8-9-16-10-3-6-12-7-4-10/h10,12H,2-9H2,1H3,(H2,13,14,15). The Morgan fingerprint density at radius 3 is 2.69 bits per heavy atom. The van der Waals surface area contributed by atoms with Gasteiger partial charge < -0.3 is 20.7 Å². The van der Waals surface area contributed by atoms with Crippen molar-refractivity contribution >= 4 is 6.03 Å². The lowest BCUT2D eigenvalue weighted by molar-refractivity contribution is 0.0357. The molecule has 0 aliphatic carbocycles. The summed E-state index contributed by atoms with van der Waals surface area (Å²) in [4.78, 5) is 11.2. The van der Waals surface area contributed by atoms with Crippen LogP contribution in [0, 0.1) is 0 Å². The summed E-state index contributed by atoms with van der Waals surface area (Å²) >= 11 is 0. The van der Waals surface area contributed by atoms with Crippen LogP contribution in [0.3, 0.4) is 0 Å². The second kappa shape index (κ2) is 8.35. The molecule has 0 aromatic heterocycles. The van der Waals surface area contributed by atoms with E-state index in [1.807, 2.05) is 6.92 Å². The lowest BCUT2D eigenvalue weighted by Crippen LogP contribution is -2.39. The summed E-state index contributed by atoms with van der Waals surface area (Å²) < 4.78 is 5.66. The van der Waals surface area contributed by atoms with Crippen LogP contribution in [0.5, 0.6) is 0 Å². The maximum Gasteiger partial charge on any atom is 0.314 e. The van der Waals surface area contributed by atoms with Gasteiger partial charge in [0.1, 0.15) is 0 Å². The minimum absolute atomic E-state index is 0.101. The Morgan fingerprint density at radius 2 is 2.00 bits per heavy atom. The Morgan fingerprint density at radius 1 is 1.31 bits per heavy atom. The molecule has 0 saturated carbocycles. The summed E-state index contributed by atoms with van der Waals surface area (Å²) in [6, 6.07) is -0.101. The summed E-state index contributed by atoms with van der Waals surface area (Å²) in [6.45, 7) is 6.01. The van der Waals surface area contributed by atoms with Gasteiger partial charge in [0, 0.05) is 13.1 Å². The Hall–Kier alpha value is -0.810. The quantitative estimate of drug-likeness (QED) is 0.580. The SMILES string of the molecule is CCCNC(=O)NCCOC1CCNCC1. The van der Waals surface area contributed by atoms with Crippen molar-refractivity contribution < 1.29 is 9.53 Å². The average Bonchev–Trinajstić information content (AvgIpc) is 2.33.